The molecule has 2 N–H and O–H groups in total. The summed E-state index contributed by atoms with van der Waals surface area (Å²) in [5.41, 5.74) is 1.61. The molecule has 0 bridgehead atoms. The van der Waals surface area contributed by atoms with Crippen LogP contribution < -0.4 is 0 Å². The molecule has 2 aliphatic rings. The zero-order chi connectivity index (χ0) is 19.6. The van der Waals surface area contributed by atoms with Gasteiger partial charge in [0.1, 0.15) is 12.2 Å². The standard InChI is InChI=1S/C20H26O6/c1-6-10(2)19(23)25-16-7-11(3)14(21)9-15(22)12(4)8-17-18(16)13(5)20(24)26-17/h6,8,14-18,21-22H,3,5,7,9H2,1-2,4H3/b10-6-,12-8-. The Kier molecular flexibility index (Phi) is 6.21. The van der Waals surface area contributed by atoms with Gasteiger partial charge >= 0.3 is 11.9 Å². The minimum atomic E-state index is -0.958. The van der Waals surface area contributed by atoms with Crippen molar-refractivity contribution in [3.63, 3.8) is 0 Å². The van der Waals surface area contributed by atoms with Crippen molar-refractivity contribution in [2.45, 2.75) is 58.0 Å². The van der Waals surface area contributed by atoms with Gasteiger partial charge in [-0.2, -0.15) is 0 Å². The molecule has 0 aromatic heterocycles. The fourth-order valence-electron chi connectivity index (χ4n) is 3.10. The summed E-state index contributed by atoms with van der Waals surface area (Å²) in [6.45, 7) is 12.7. The first-order valence-electron chi connectivity index (χ1n) is 8.61. The van der Waals surface area contributed by atoms with Crippen molar-refractivity contribution in [3.8, 4) is 0 Å². The molecule has 1 saturated heterocycles. The molecule has 1 heterocycles. The highest BCUT2D eigenvalue weighted by Crippen LogP contribution is 2.37. The van der Waals surface area contributed by atoms with E-state index >= 15 is 0 Å². The molecule has 1 aliphatic heterocycles. The number of allylic oxidation sites excluding steroid dienone is 1. The Hall–Kier alpha value is -2.18. The molecule has 26 heavy (non-hydrogen) atoms. The second kappa shape index (κ2) is 8.01. The van der Waals surface area contributed by atoms with E-state index in [0.29, 0.717) is 16.7 Å². The molecule has 0 saturated carbocycles. The van der Waals surface area contributed by atoms with Crippen molar-refractivity contribution in [1.82, 2.24) is 0 Å². The van der Waals surface area contributed by atoms with Gasteiger partial charge in [-0.05, 0) is 38.0 Å². The van der Waals surface area contributed by atoms with Crippen LogP contribution in [0.3, 0.4) is 0 Å². The van der Waals surface area contributed by atoms with Gasteiger partial charge in [0.05, 0.1) is 18.1 Å². The third-order valence-corrected chi connectivity index (χ3v) is 5.01. The summed E-state index contributed by atoms with van der Waals surface area (Å²) in [5.74, 6) is -1.68. The maximum atomic E-state index is 12.3. The summed E-state index contributed by atoms with van der Waals surface area (Å²) in [6, 6.07) is 0. The lowest BCUT2D eigenvalue weighted by Gasteiger charge is -2.30. The number of aliphatic hydroxyl groups excluding tert-OH is 2. The maximum absolute atomic E-state index is 12.3. The van der Waals surface area contributed by atoms with Gasteiger partial charge in [-0.1, -0.05) is 19.2 Å². The summed E-state index contributed by atoms with van der Waals surface area (Å²) in [6.07, 6.45) is 0.173. The van der Waals surface area contributed by atoms with Gasteiger partial charge in [-0.3, -0.25) is 0 Å². The molecule has 5 unspecified atom stereocenters. The molecule has 5 atom stereocenters. The second-order valence-electron chi connectivity index (χ2n) is 6.88. The third-order valence-electron chi connectivity index (χ3n) is 5.01. The normalized spacial score (nSPS) is 35.3. The van der Waals surface area contributed by atoms with Crippen LogP contribution in [0.4, 0.5) is 0 Å². The van der Waals surface area contributed by atoms with E-state index in [0.717, 1.165) is 0 Å². The number of hydrogen-bond donors (Lipinski definition) is 2. The summed E-state index contributed by atoms with van der Waals surface area (Å²) in [4.78, 5) is 24.3. The van der Waals surface area contributed by atoms with E-state index in [1.165, 1.54) is 0 Å². The van der Waals surface area contributed by atoms with E-state index in [9.17, 15) is 19.8 Å². The van der Waals surface area contributed by atoms with Crippen LogP contribution in [0, 0.1) is 5.92 Å². The highest BCUT2D eigenvalue weighted by Gasteiger charge is 2.45. The number of fused-ring (bicyclic) bond motifs is 1. The Morgan fingerprint density at radius 1 is 1.35 bits per heavy atom. The molecule has 0 radical (unpaired) electrons. The van der Waals surface area contributed by atoms with Gasteiger partial charge in [0.2, 0.25) is 0 Å². The van der Waals surface area contributed by atoms with Gasteiger partial charge < -0.3 is 19.7 Å². The van der Waals surface area contributed by atoms with Crippen LogP contribution >= 0.6 is 0 Å². The van der Waals surface area contributed by atoms with Gasteiger partial charge in [0, 0.05) is 24.0 Å². The number of aliphatic hydroxyl groups is 2. The van der Waals surface area contributed by atoms with Crippen LogP contribution in [0.2, 0.25) is 0 Å². The third kappa shape index (κ3) is 4.14. The fraction of sp³-hybridized carbons (Fsp3) is 0.500. The van der Waals surface area contributed by atoms with Crippen molar-refractivity contribution in [1.29, 1.82) is 0 Å². The minimum Gasteiger partial charge on any atom is -0.458 e. The number of rotatable bonds is 2. The topological polar surface area (TPSA) is 93.1 Å². The summed E-state index contributed by atoms with van der Waals surface area (Å²) < 4.78 is 11.0. The number of carbonyl (C=O) groups excluding carboxylic acids is 2. The quantitative estimate of drug-likeness (QED) is 0.443. The van der Waals surface area contributed by atoms with E-state index in [1.54, 1.807) is 32.9 Å². The molecule has 142 valence electrons. The lowest BCUT2D eigenvalue weighted by atomic mass is 9.83. The molecule has 2 rings (SSSR count). The number of esters is 2. The second-order valence-corrected chi connectivity index (χ2v) is 6.88. The Morgan fingerprint density at radius 2 is 2.00 bits per heavy atom. The highest BCUT2D eigenvalue weighted by molar-refractivity contribution is 5.92. The van der Waals surface area contributed by atoms with Gasteiger partial charge in [-0.15, -0.1) is 0 Å². The number of ether oxygens (including phenoxy) is 2. The van der Waals surface area contributed by atoms with Crippen molar-refractivity contribution >= 4 is 11.9 Å². The minimum absolute atomic E-state index is 0.0714. The van der Waals surface area contributed by atoms with Crippen molar-refractivity contribution < 1.29 is 29.3 Å². The van der Waals surface area contributed by atoms with Gasteiger partial charge in [0.15, 0.2) is 0 Å². The average Bonchev–Trinajstić information content (AvgIpc) is 2.86. The Bertz CT molecular complexity index is 686. The van der Waals surface area contributed by atoms with E-state index in [4.69, 9.17) is 9.47 Å². The maximum Gasteiger partial charge on any atom is 0.334 e. The van der Waals surface area contributed by atoms with Crippen LogP contribution in [0.25, 0.3) is 0 Å². The summed E-state index contributed by atoms with van der Waals surface area (Å²) in [7, 11) is 0. The average molecular weight is 362 g/mol. The zero-order valence-corrected chi connectivity index (χ0v) is 15.4. The Morgan fingerprint density at radius 3 is 2.62 bits per heavy atom. The van der Waals surface area contributed by atoms with Crippen LogP contribution in [0.1, 0.15) is 33.6 Å². The number of hydrogen-bond acceptors (Lipinski definition) is 6. The van der Waals surface area contributed by atoms with Crippen molar-refractivity contribution in [3.05, 3.63) is 47.6 Å². The van der Waals surface area contributed by atoms with E-state index in [1.807, 2.05) is 0 Å². The molecule has 0 amide bonds. The first kappa shape index (κ1) is 20.1. The monoisotopic (exact) mass is 362 g/mol. The smallest absolute Gasteiger partial charge is 0.334 e. The first-order chi connectivity index (χ1) is 12.1. The largest absolute Gasteiger partial charge is 0.458 e. The fourth-order valence-corrected chi connectivity index (χ4v) is 3.10. The molecule has 1 fully saturated rings. The summed E-state index contributed by atoms with van der Waals surface area (Å²) in [5, 5.41) is 20.5. The summed E-state index contributed by atoms with van der Waals surface area (Å²) >= 11 is 0. The number of carbonyl (C=O) groups is 2. The molecule has 0 spiro atoms. The van der Waals surface area contributed by atoms with Crippen molar-refractivity contribution in [2.75, 3.05) is 0 Å². The Labute approximate surface area is 153 Å². The van der Waals surface area contributed by atoms with Crippen LogP contribution in [-0.2, 0) is 19.1 Å². The molecule has 0 aromatic rings. The molecule has 0 aromatic carbocycles. The lowest BCUT2D eigenvalue weighted by Crippen LogP contribution is -2.36. The van der Waals surface area contributed by atoms with Gasteiger partial charge in [0.25, 0.3) is 0 Å². The molecular formula is C20H26O6. The molecular weight excluding hydrogens is 336 g/mol. The predicted molar refractivity (Wildman–Crippen MR) is 96.0 cm³/mol. The van der Waals surface area contributed by atoms with Crippen LogP contribution in [-0.4, -0.2) is 46.6 Å². The van der Waals surface area contributed by atoms with Crippen LogP contribution in [0.15, 0.2) is 47.6 Å². The lowest BCUT2D eigenvalue weighted by molar-refractivity contribution is -0.147. The Balaban J connectivity index is 2.45. The molecule has 6 heteroatoms. The molecule has 1 aliphatic carbocycles. The van der Waals surface area contributed by atoms with E-state index < -0.39 is 42.3 Å². The SMILES string of the molecule is C=C1CC(OC(=O)/C(C)=C\C)C2C(=C)C(=O)OC2/C=C(/C)C(O)CC1O. The molecule has 6 nitrogen and oxygen atoms in total. The predicted octanol–water partition coefficient (Wildman–Crippen LogP) is 1.98. The van der Waals surface area contributed by atoms with E-state index in [2.05, 4.69) is 13.2 Å². The van der Waals surface area contributed by atoms with Crippen LogP contribution in [0.5, 0.6) is 0 Å². The van der Waals surface area contributed by atoms with E-state index in [-0.39, 0.29) is 18.4 Å². The van der Waals surface area contributed by atoms with Gasteiger partial charge in [-0.25, -0.2) is 9.59 Å². The van der Waals surface area contributed by atoms with Crippen molar-refractivity contribution in [2.24, 2.45) is 5.92 Å². The zero-order valence-electron chi connectivity index (χ0n) is 15.4. The first-order valence-corrected chi connectivity index (χ1v) is 8.61. The highest BCUT2D eigenvalue weighted by atomic mass is 16.6.